The standard InChI is InChI=1S/C26H17NO2/c1-14-7-8-15-9-10-16-17-11-12-21(28-2)23-22-18-5-3-4-6-20(18)29-26(22)27(25(17)23)24(16)19(15)13-14/h3-13H,1-2H3. The maximum absolute atomic E-state index is 6.44. The molecule has 0 unspecified atom stereocenters. The minimum atomic E-state index is 0.882. The highest BCUT2D eigenvalue weighted by Gasteiger charge is 2.25. The zero-order chi connectivity index (χ0) is 19.3. The predicted molar refractivity (Wildman–Crippen MR) is 120 cm³/mol. The third-order valence-corrected chi connectivity index (χ3v) is 6.28. The Bertz CT molecular complexity index is 1750. The maximum atomic E-state index is 6.44. The van der Waals surface area contributed by atoms with E-state index in [1.807, 2.05) is 12.1 Å². The number of nitrogens with zero attached hydrogens (tertiary/aromatic N) is 1. The Kier molecular flexibility index (Phi) is 2.63. The summed E-state index contributed by atoms with van der Waals surface area (Å²) >= 11 is 0. The van der Waals surface area contributed by atoms with Crippen molar-refractivity contribution in [3.05, 3.63) is 72.3 Å². The molecule has 0 atom stereocenters. The largest absolute Gasteiger partial charge is 0.496 e. The van der Waals surface area contributed by atoms with Crippen LogP contribution in [-0.2, 0) is 0 Å². The average Bonchev–Trinajstić information content (AvgIpc) is 3.38. The van der Waals surface area contributed by atoms with Crippen LogP contribution in [0.15, 0.2) is 71.1 Å². The molecule has 0 fully saturated rings. The number of hydrogen-bond acceptors (Lipinski definition) is 2. The average molecular weight is 375 g/mol. The summed E-state index contributed by atoms with van der Waals surface area (Å²) in [7, 11) is 1.74. The number of methoxy groups -OCH3 is 1. The number of ether oxygens (including phenoxy) is 1. The summed E-state index contributed by atoms with van der Waals surface area (Å²) < 4.78 is 14.5. The summed E-state index contributed by atoms with van der Waals surface area (Å²) in [6.07, 6.45) is 0. The van der Waals surface area contributed by atoms with E-state index >= 15 is 0 Å². The first kappa shape index (κ1) is 15.2. The molecule has 0 bridgehead atoms. The second-order valence-electron chi connectivity index (χ2n) is 7.84. The van der Waals surface area contributed by atoms with Crippen molar-refractivity contribution in [1.29, 1.82) is 0 Å². The van der Waals surface area contributed by atoms with Crippen LogP contribution >= 0.6 is 0 Å². The number of para-hydroxylation sites is 1. The highest BCUT2D eigenvalue weighted by molar-refractivity contribution is 6.31. The molecule has 3 heterocycles. The van der Waals surface area contributed by atoms with Gasteiger partial charge >= 0.3 is 0 Å². The quantitative estimate of drug-likeness (QED) is 0.307. The first-order valence-corrected chi connectivity index (χ1v) is 9.83. The van der Waals surface area contributed by atoms with Crippen LogP contribution in [0.4, 0.5) is 0 Å². The lowest BCUT2D eigenvalue weighted by Gasteiger charge is -2.03. The molecular weight excluding hydrogens is 358 g/mol. The van der Waals surface area contributed by atoms with Crippen LogP contribution in [0, 0.1) is 6.92 Å². The molecule has 0 saturated carbocycles. The number of aromatic nitrogens is 1. The fourth-order valence-electron chi connectivity index (χ4n) is 5.06. The van der Waals surface area contributed by atoms with E-state index in [-0.39, 0.29) is 0 Å². The Morgan fingerprint density at radius 2 is 1.55 bits per heavy atom. The topological polar surface area (TPSA) is 26.8 Å². The van der Waals surface area contributed by atoms with E-state index in [2.05, 4.69) is 65.9 Å². The van der Waals surface area contributed by atoms with Gasteiger partial charge in [-0.05, 0) is 36.6 Å². The lowest BCUT2D eigenvalue weighted by Crippen LogP contribution is -1.84. The van der Waals surface area contributed by atoms with Crippen LogP contribution in [0.3, 0.4) is 0 Å². The number of hydrogen-bond donors (Lipinski definition) is 0. The Balaban J connectivity index is 1.91. The molecule has 138 valence electrons. The normalized spacial score (nSPS) is 12.5. The Morgan fingerprint density at radius 1 is 0.759 bits per heavy atom. The Hall–Kier alpha value is -3.72. The summed E-state index contributed by atoms with van der Waals surface area (Å²) in [6.45, 7) is 2.14. The summed E-state index contributed by atoms with van der Waals surface area (Å²) in [5.41, 5.74) is 5.42. The van der Waals surface area contributed by atoms with Gasteiger partial charge in [-0.1, -0.05) is 48.0 Å². The van der Waals surface area contributed by atoms with Gasteiger partial charge in [-0.2, -0.15) is 0 Å². The highest BCUT2D eigenvalue weighted by Crippen LogP contribution is 2.47. The van der Waals surface area contributed by atoms with Gasteiger partial charge in [0.1, 0.15) is 11.3 Å². The van der Waals surface area contributed by atoms with E-state index in [9.17, 15) is 0 Å². The molecular formula is C26H17NO2. The van der Waals surface area contributed by atoms with Gasteiger partial charge in [0.2, 0.25) is 5.71 Å². The molecule has 0 spiro atoms. The molecule has 0 saturated heterocycles. The van der Waals surface area contributed by atoms with E-state index in [0.29, 0.717) is 0 Å². The maximum Gasteiger partial charge on any atom is 0.214 e. The number of fused-ring (bicyclic) bond motifs is 10. The molecule has 7 aromatic rings. The van der Waals surface area contributed by atoms with Crippen LogP contribution in [0.25, 0.3) is 60.0 Å². The molecule has 0 aliphatic rings. The van der Waals surface area contributed by atoms with Gasteiger partial charge in [-0.25, -0.2) is 0 Å². The van der Waals surface area contributed by atoms with Crippen LogP contribution < -0.4 is 4.74 Å². The van der Waals surface area contributed by atoms with Crippen molar-refractivity contribution in [3.8, 4) is 5.75 Å². The van der Waals surface area contributed by atoms with Gasteiger partial charge in [-0.15, -0.1) is 0 Å². The van der Waals surface area contributed by atoms with Crippen LogP contribution in [0.2, 0.25) is 0 Å². The molecule has 0 radical (unpaired) electrons. The number of benzene rings is 4. The molecule has 0 amide bonds. The minimum Gasteiger partial charge on any atom is -0.496 e. The SMILES string of the molecule is COc1ccc2c3ccc4ccc(C)cc4c3n3c4oc5ccccc5c4c1c23. The summed E-state index contributed by atoms with van der Waals surface area (Å²) in [6, 6.07) is 23.6. The second kappa shape index (κ2) is 5.00. The monoisotopic (exact) mass is 375 g/mol. The van der Waals surface area contributed by atoms with Gasteiger partial charge in [0.25, 0.3) is 0 Å². The van der Waals surface area contributed by atoms with Crippen molar-refractivity contribution in [2.24, 2.45) is 0 Å². The van der Waals surface area contributed by atoms with Crippen molar-refractivity contribution in [1.82, 2.24) is 4.40 Å². The predicted octanol–water partition coefficient (Wildman–Crippen LogP) is 7.05. The zero-order valence-electron chi connectivity index (χ0n) is 16.1. The van der Waals surface area contributed by atoms with Crippen molar-refractivity contribution in [3.63, 3.8) is 0 Å². The Labute approximate surface area is 166 Å². The lowest BCUT2D eigenvalue weighted by atomic mass is 10.0. The molecule has 7 rings (SSSR count). The Morgan fingerprint density at radius 3 is 2.45 bits per heavy atom. The molecule has 29 heavy (non-hydrogen) atoms. The van der Waals surface area contributed by atoms with E-state index < -0.39 is 0 Å². The number of furan rings is 1. The van der Waals surface area contributed by atoms with Gasteiger partial charge < -0.3 is 9.15 Å². The third kappa shape index (κ3) is 1.70. The summed E-state index contributed by atoms with van der Waals surface area (Å²) in [5, 5.41) is 8.34. The van der Waals surface area contributed by atoms with Gasteiger partial charge in [0.15, 0.2) is 0 Å². The van der Waals surface area contributed by atoms with Gasteiger partial charge in [0.05, 0.1) is 28.9 Å². The van der Waals surface area contributed by atoms with E-state index in [0.717, 1.165) is 33.2 Å². The first-order valence-electron chi connectivity index (χ1n) is 9.83. The van der Waals surface area contributed by atoms with E-state index in [1.54, 1.807) is 7.11 Å². The zero-order valence-corrected chi connectivity index (χ0v) is 16.1. The lowest BCUT2D eigenvalue weighted by molar-refractivity contribution is 0.420. The first-order chi connectivity index (χ1) is 14.3. The molecule has 0 aliphatic carbocycles. The minimum absolute atomic E-state index is 0.882. The molecule has 0 aliphatic heterocycles. The smallest absolute Gasteiger partial charge is 0.214 e. The van der Waals surface area contributed by atoms with Gasteiger partial charge in [-0.3, -0.25) is 4.40 Å². The van der Waals surface area contributed by atoms with Gasteiger partial charge in [0, 0.05) is 21.5 Å². The molecule has 3 heteroatoms. The van der Waals surface area contributed by atoms with Crippen LogP contribution in [0.1, 0.15) is 5.56 Å². The third-order valence-electron chi connectivity index (χ3n) is 6.28. The molecule has 4 aromatic carbocycles. The second-order valence-corrected chi connectivity index (χ2v) is 7.84. The summed E-state index contributed by atoms with van der Waals surface area (Å²) in [4.78, 5) is 0. The van der Waals surface area contributed by atoms with Crippen LogP contribution in [-0.4, -0.2) is 11.5 Å². The highest BCUT2D eigenvalue weighted by atomic mass is 16.5. The number of aryl methyl sites for hydroxylation is 1. The summed E-state index contributed by atoms with van der Waals surface area (Å²) in [5.74, 6) is 0.882. The van der Waals surface area contributed by atoms with E-state index in [1.165, 1.54) is 38.1 Å². The fourth-order valence-corrected chi connectivity index (χ4v) is 5.06. The van der Waals surface area contributed by atoms with Crippen molar-refractivity contribution < 1.29 is 9.15 Å². The van der Waals surface area contributed by atoms with Crippen molar-refractivity contribution >= 4 is 60.0 Å². The fraction of sp³-hybridized carbons (Fsp3) is 0.0769. The van der Waals surface area contributed by atoms with Crippen molar-refractivity contribution in [2.75, 3.05) is 7.11 Å². The van der Waals surface area contributed by atoms with Crippen LogP contribution in [0.5, 0.6) is 5.75 Å². The van der Waals surface area contributed by atoms with E-state index in [4.69, 9.17) is 9.15 Å². The van der Waals surface area contributed by atoms with Crippen molar-refractivity contribution in [2.45, 2.75) is 6.92 Å². The molecule has 3 nitrogen and oxygen atoms in total. The number of rotatable bonds is 1. The molecule has 0 N–H and O–H groups in total. The molecule has 3 aromatic heterocycles.